The summed E-state index contributed by atoms with van der Waals surface area (Å²) in [6, 6.07) is 14.5. The number of thiazole rings is 1. The molecule has 0 bridgehead atoms. The van der Waals surface area contributed by atoms with Gasteiger partial charge < -0.3 is 14.6 Å². The van der Waals surface area contributed by atoms with Crippen LogP contribution in [0.25, 0.3) is 15.3 Å². The van der Waals surface area contributed by atoms with E-state index in [9.17, 15) is 4.79 Å². The molecule has 1 amide bonds. The van der Waals surface area contributed by atoms with Crippen molar-refractivity contribution in [2.75, 3.05) is 12.4 Å². The van der Waals surface area contributed by atoms with Crippen LogP contribution in [0.4, 0.5) is 5.69 Å². The van der Waals surface area contributed by atoms with Gasteiger partial charge in [0, 0.05) is 23.6 Å². The Hall–Kier alpha value is -2.83. The van der Waals surface area contributed by atoms with E-state index in [4.69, 9.17) is 16.3 Å². The molecule has 7 heteroatoms. The number of halogens is 1. The summed E-state index contributed by atoms with van der Waals surface area (Å²) in [6.45, 7) is 0. The number of benzene rings is 2. The van der Waals surface area contributed by atoms with Gasteiger partial charge in [0.05, 0.1) is 22.3 Å². The predicted octanol–water partition coefficient (Wildman–Crippen LogP) is 5.00. The lowest BCUT2D eigenvalue weighted by atomic mass is 10.2. The van der Waals surface area contributed by atoms with Crippen molar-refractivity contribution in [1.82, 2.24) is 9.55 Å². The predicted molar refractivity (Wildman–Crippen MR) is 105 cm³/mol. The van der Waals surface area contributed by atoms with Crippen molar-refractivity contribution >= 4 is 44.7 Å². The third kappa shape index (κ3) is 3.16. The van der Waals surface area contributed by atoms with Crippen LogP contribution in [0.1, 0.15) is 10.4 Å². The van der Waals surface area contributed by atoms with Gasteiger partial charge in [-0.1, -0.05) is 22.9 Å². The molecule has 0 aliphatic rings. The molecule has 0 aliphatic carbocycles. The Morgan fingerprint density at radius 2 is 2.00 bits per heavy atom. The summed E-state index contributed by atoms with van der Waals surface area (Å²) in [5.41, 5.74) is 2.04. The smallest absolute Gasteiger partial charge is 0.255 e. The van der Waals surface area contributed by atoms with Crippen LogP contribution < -0.4 is 10.1 Å². The fourth-order valence-corrected chi connectivity index (χ4v) is 3.80. The Bertz CT molecular complexity index is 1090. The molecule has 0 unspecified atom stereocenters. The van der Waals surface area contributed by atoms with Crippen molar-refractivity contribution in [3.63, 3.8) is 0 Å². The summed E-state index contributed by atoms with van der Waals surface area (Å²) in [6.07, 6.45) is 3.89. The lowest BCUT2D eigenvalue weighted by Gasteiger charge is -2.08. The second kappa shape index (κ2) is 6.82. The SMILES string of the molecule is COc1ccc(NC(=O)c2ccc3nc(-n4cccc4)sc3c2)cc1Cl. The molecule has 0 fully saturated rings. The number of hydrogen-bond acceptors (Lipinski definition) is 4. The number of nitrogens with one attached hydrogen (secondary N) is 1. The van der Waals surface area contributed by atoms with Gasteiger partial charge in [0.1, 0.15) is 5.75 Å². The van der Waals surface area contributed by atoms with Crippen molar-refractivity contribution in [1.29, 1.82) is 0 Å². The molecule has 26 heavy (non-hydrogen) atoms. The van der Waals surface area contributed by atoms with E-state index in [1.807, 2.05) is 41.2 Å². The van der Waals surface area contributed by atoms with Crippen LogP contribution in [-0.2, 0) is 0 Å². The molecule has 1 N–H and O–H groups in total. The van der Waals surface area contributed by atoms with Crippen molar-refractivity contribution in [2.45, 2.75) is 0 Å². The number of carbonyl (C=O) groups excluding carboxylic acids is 1. The fourth-order valence-electron chi connectivity index (χ4n) is 2.57. The van der Waals surface area contributed by atoms with Crippen LogP contribution in [-0.4, -0.2) is 22.6 Å². The zero-order valence-corrected chi connectivity index (χ0v) is 15.3. The van der Waals surface area contributed by atoms with Gasteiger partial charge in [0.25, 0.3) is 5.91 Å². The number of methoxy groups -OCH3 is 1. The Kier molecular flexibility index (Phi) is 4.36. The lowest BCUT2D eigenvalue weighted by molar-refractivity contribution is 0.102. The van der Waals surface area contributed by atoms with Crippen LogP contribution in [0.15, 0.2) is 60.9 Å². The summed E-state index contributed by atoms with van der Waals surface area (Å²) >= 11 is 7.64. The van der Waals surface area contributed by atoms with Crippen LogP contribution in [0.3, 0.4) is 0 Å². The van der Waals surface area contributed by atoms with Crippen molar-refractivity contribution in [3.05, 3.63) is 71.5 Å². The molecule has 0 radical (unpaired) electrons. The zero-order valence-electron chi connectivity index (χ0n) is 13.8. The standard InChI is InChI=1S/C19H14ClN3O2S/c1-25-16-7-5-13(11-14(16)20)21-18(24)12-4-6-15-17(10-12)26-19(22-15)23-8-2-3-9-23/h2-11H,1H3,(H,21,24). The quantitative estimate of drug-likeness (QED) is 0.539. The molecular formula is C19H14ClN3O2S. The maximum absolute atomic E-state index is 12.6. The van der Waals surface area contributed by atoms with Gasteiger partial charge in [0.2, 0.25) is 0 Å². The number of fused-ring (bicyclic) bond motifs is 1. The number of amides is 1. The maximum Gasteiger partial charge on any atom is 0.255 e. The fraction of sp³-hybridized carbons (Fsp3) is 0.0526. The molecule has 0 saturated carbocycles. The van der Waals surface area contributed by atoms with Gasteiger partial charge in [-0.3, -0.25) is 4.79 Å². The molecular weight excluding hydrogens is 370 g/mol. The second-order valence-electron chi connectivity index (χ2n) is 5.57. The number of anilines is 1. The molecule has 2 aromatic carbocycles. The molecule has 0 aliphatic heterocycles. The summed E-state index contributed by atoms with van der Waals surface area (Å²) in [5, 5.41) is 4.16. The summed E-state index contributed by atoms with van der Waals surface area (Å²) < 4.78 is 8.02. The van der Waals surface area contributed by atoms with Crippen LogP contribution in [0, 0.1) is 0 Å². The van der Waals surface area contributed by atoms with Crippen molar-refractivity contribution in [3.8, 4) is 10.9 Å². The Balaban J connectivity index is 1.59. The monoisotopic (exact) mass is 383 g/mol. The first-order chi connectivity index (χ1) is 12.6. The minimum absolute atomic E-state index is 0.205. The molecule has 2 heterocycles. The highest BCUT2D eigenvalue weighted by Gasteiger charge is 2.11. The van der Waals surface area contributed by atoms with Crippen LogP contribution in [0.5, 0.6) is 5.75 Å². The maximum atomic E-state index is 12.6. The molecule has 4 aromatic rings. The Labute approximate surface area is 158 Å². The normalized spacial score (nSPS) is 10.8. The van der Waals surface area contributed by atoms with E-state index in [1.165, 1.54) is 11.3 Å². The second-order valence-corrected chi connectivity index (χ2v) is 6.99. The topological polar surface area (TPSA) is 56.1 Å². The average Bonchev–Trinajstić information content (AvgIpc) is 3.30. The number of nitrogens with zero attached hydrogens (tertiary/aromatic N) is 2. The summed E-state index contributed by atoms with van der Waals surface area (Å²) in [5.74, 6) is 0.359. The highest BCUT2D eigenvalue weighted by atomic mass is 35.5. The van der Waals surface area contributed by atoms with Crippen molar-refractivity contribution < 1.29 is 9.53 Å². The minimum Gasteiger partial charge on any atom is -0.495 e. The van der Waals surface area contributed by atoms with Gasteiger partial charge >= 0.3 is 0 Å². The number of carbonyl (C=O) groups is 1. The van der Waals surface area contributed by atoms with Gasteiger partial charge in [-0.15, -0.1) is 0 Å². The molecule has 4 rings (SSSR count). The first-order valence-corrected chi connectivity index (χ1v) is 9.02. The first kappa shape index (κ1) is 16.6. The first-order valence-electron chi connectivity index (χ1n) is 7.83. The largest absolute Gasteiger partial charge is 0.495 e. The average molecular weight is 384 g/mol. The third-order valence-electron chi connectivity index (χ3n) is 3.87. The molecule has 0 atom stereocenters. The van der Waals surface area contributed by atoms with E-state index in [-0.39, 0.29) is 5.91 Å². The van der Waals surface area contributed by atoms with Gasteiger partial charge in [-0.2, -0.15) is 0 Å². The van der Waals surface area contributed by atoms with Gasteiger partial charge in [0.15, 0.2) is 5.13 Å². The molecule has 2 aromatic heterocycles. The third-order valence-corrected chi connectivity index (χ3v) is 5.20. The van der Waals surface area contributed by atoms with Gasteiger partial charge in [-0.25, -0.2) is 4.98 Å². The van der Waals surface area contributed by atoms with Crippen LogP contribution >= 0.6 is 22.9 Å². The van der Waals surface area contributed by atoms with Gasteiger partial charge in [-0.05, 0) is 48.5 Å². The highest BCUT2D eigenvalue weighted by molar-refractivity contribution is 7.20. The minimum atomic E-state index is -0.205. The molecule has 130 valence electrons. The summed E-state index contributed by atoms with van der Waals surface area (Å²) in [7, 11) is 1.55. The Morgan fingerprint density at radius 3 is 2.73 bits per heavy atom. The van der Waals surface area contributed by atoms with E-state index in [2.05, 4.69) is 10.3 Å². The number of aromatic nitrogens is 2. The Morgan fingerprint density at radius 1 is 1.19 bits per heavy atom. The summed E-state index contributed by atoms with van der Waals surface area (Å²) in [4.78, 5) is 17.1. The number of ether oxygens (including phenoxy) is 1. The van der Waals surface area contributed by atoms with Crippen LogP contribution in [0.2, 0.25) is 5.02 Å². The van der Waals surface area contributed by atoms with E-state index in [1.54, 1.807) is 31.4 Å². The lowest BCUT2D eigenvalue weighted by Crippen LogP contribution is -2.11. The molecule has 5 nitrogen and oxygen atoms in total. The zero-order chi connectivity index (χ0) is 18.1. The van der Waals surface area contributed by atoms with Crippen molar-refractivity contribution in [2.24, 2.45) is 0 Å². The molecule has 0 saturated heterocycles. The van der Waals surface area contributed by atoms with E-state index in [0.717, 1.165) is 15.3 Å². The van der Waals surface area contributed by atoms with E-state index >= 15 is 0 Å². The molecule has 0 spiro atoms. The number of rotatable bonds is 4. The number of hydrogen-bond donors (Lipinski definition) is 1. The highest BCUT2D eigenvalue weighted by Crippen LogP contribution is 2.28. The van der Waals surface area contributed by atoms with E-state index < -0.39 is 0 Å². The van der Waals surface area contributed by atoms with E-state index in [0.29, 0.717) is 22.0 Å².